The van der Waals surface area contributed by atoms with Gasteiger partial charge in [-0.2, -0.15) is 0 Å². The second-order valence-electron chi connectivity index (χ2n) is 14.3. The van der Waals surface area contributed by atoms with Gasteiger partial charge in [-0.05, 0) is 59.4 Å². The number of nitrogens with one attached hydrogen (secondary N) is 1. The maximum absolute atomic E-state index is 14.8. The highest BCUT2D eigenvalue weighted by atomic mass is 16.2. The number of aliphatic imine (C=N–C) groups is 1. The van der Waals surface area contributed by atoms with Crippen molar-refractivity contribution < 1.29 is 9.59 Å². The molecule has 0 saturated carbocycles. The van der Waals surface area contributed by atoms with Crippen molar-refractivity contribution in [1.29, 1.82) is 5.41 Å². The summed E-state index contributed by atoms with van der Waals surface area (Å²) in [7, 11) is 0. The van der Waals surface area contributed by atoms with E-state index < -0.39 is 18.0 Å². The van der Waals surface area contributed by atoms with Crippen LogP contribution in [0, 0.1) is 10.8 Å². The van der Waals surface area contributed by atoms with Crippen molar-refractivity contribution in [2.75, 3.05) is 11.4 Å². The number of hydrogen-bond donors (Lipinski definition) is 3. The van der Waals surface area contributed by atoms with E-state index in [4.69, 9.17) is 16.5 Å². The molecule has 9 nitrogen and oxygen atoms in total. The predicted octanol–water partition coefficient (Wildman–Crippen LogP) is 5.18. The second-order valence-corrected chi connectivity index (χ2v) is 14.3. The van der Waals surface area contributed by atoms with Gasteiger partial charge in [0.05, 0.1) is 12.1 Å². The molecule has 3 heterocycles. The van der Waals surface area contributed by atoms with Gasteiger partial charge in [0.1, 0.15) is 11.9 Å². The average molecular weight is 634 g/mol. The summed E-state index contributed by atoms with van der Waals surface area (Å²) in [5.41, 5.74) is 17.9. The van der Waals surface area contributed by atoms with Crippen LogP contribution >= 0.6 is 0 Å². The third kappa shape index (κ3) is 6.75. The molecule has 1 fully saturated rings. The van der Waals surface area contributed by atoms with Gasteiger partial charge in [-0.15, -0.1) is 0 Å². The number of fused-ring (bicyclic) bond motifs is 2. The highest BCUT2D eigenvalue weighted by molar-refractivity contribution is 6.06. The molecule has 9 heteroatoms. The third-order valence-corrected chi connectivity index (χ3v) is 9.88. The lowest BCUT2D eigenvalue weighted by atomic mass is 9.91. The number of guanidine groups is 1. The van der Waals surface area contributed by atoms with E-state index in [0.717, 1.165) is 40.8 Å². The van der Waals surface area contributed by atoms with Crippen LogP contribution in [0.3, 0.4) is 0 Å². The molecule has 3 aliphatic heterocycles. The number of anilines is 1. The molecule has 0 aliphatic carbocycles. The largest absolute Gasteiger partial charge is 0.370 e. The van der Waals surface area contributed by atoms with E-state index in [1.165, 1.54) is 0 Å². The van der Waals surface area contributed by atoms with Crippen molar-refractivity contribution in [2.45, 2.75) is 90.0 Å². The zero-order valence-corrected chi connectivity index (χ0v) is 27.7. The summed E-state index contributed by atoms with van der Waals surface area (Å²) < 4.78 is 0. The molecule has 2 amide bonds. The molecule has 0 aromatic heterocycles. The predicted molar refractivity (Wildman–Crippen MR) is 187 cm³/mol. The topological polar surface area (TPSA) is 132 Å². The fourth-order valence-corrected chi connectivity index (χ4v) is 7.49. The molecule has 47 heavy (non-hydrogen) atoms. The van der Waals surface area contributed by atoms with E-state index >= 15 is 0 Å². The lowest BCUT2D eigenvalue weighted by Crippen LogP contribution is -2.57. The smallest absolute Gasteiger partial charge is 0.245 e. The summed E-state index contributed by atoms with van der Waals surface area (Å²) in [6.07, 6.45) is 3.46. The summed E-state index contributed by atoms with van der Waals surface area (Å²) in [6.45, 7) is 7.56. The number of amides is 2. The summed E-state index contributed by atoms with van der Waals surface area (Å²) >= 11 is 0. The van der Waals surface area contributed by atoms with Gasteiger partial charge < -0.3 is 26.2 Å². The Labute approximate surface area is 278 Å². The molecular formula is C38H47N7O2. The standard InChI is InChI=1S/C38H47N7O2/c1-38(2,3)19-20-42-37(41)45-30-16-10-9-14-27(30)22-33(45)35(40)44-31(25-11-5-4-6-12-25)17-18-32(44)36(47)43-24-28-15-8-7-13-26(28)21-29(43)23-34(39)46/h4-16,29,31-33,40H,17-24H2,1-3H3,(H2,39,46)(H2,41,42). The molecular weight excluding hydrogens is 586 g/mol. The van der Waals surface area contributed by atoms with Gasteiger partial charge in [0, 0.05) is 37.7 Å². The Hall–Kier alpha value is -4.66. The first-order valence-corrected chi connectivity index (χ1v) is 16.8. The minimum absolute atomic E-state index is 0.0668. The Kier molecular flexibility index (Phi) is 9.08. The van der Waals surface area contributed by atoms with Crippen molar-refractivity contribution in [2.24, 2.45) is 21.9 Å². The van der Waals surface area contributed by atoms with Crippen molar-refractivity contribution in [3.8, 4) is 0 Å². The number of likely N-dealkylation sites (tertiary alicyclic amines) is 1. The first kappa shape index (κ1) is 32.3. The quantitative estimate of drug-likeness (QED) is 0.244. The van der Waals surface area contributed by atoms with Crippen LogP contribution in [0.1, 0.15) is 74.8 Å². The number of rotatable bonds is 7. The van der Waals surface area contributed by atoms with Gasteiger partial charge >= 0.3 is 0 Å². The van der Waals surface area contributed by atoms with Crippen LogP contribution < -0.4 is 16.4 Å². The monoisotopic (exact) mass is 633 g/mol. The van der Waals surface area contributed by atoms with Crippen molar-refractivity contribution in [3.05, 3.63) is 101 Å². The second kappa shape index (κ2) is 13.2. The van der Waals surface area contributed by atoms with Crippen LogP contribution in [0.4, 0.5) is 5.69 Å². The fourth-order valence-electron chi connectivity index (χ4n) is 7.49. The summed E-state index contributed by atoms with van der Waals surface area (Å²) in [6, 6.07) is 24.9. The highest BCUT2D eigenvalue weighted by Gasteiger charge is 2.47. The van der Waals surface area contributed by atoms with Crippen LogP contribution in [0.5, 0.6) is 0 Å². The van der Waals surface area contributed by atoms with Gasteiger partial charge in [0.25, 0.3) is 0 Å². The molecule has 1 saturated heterocycles. The Morgan fingerprint density at radius 1 is 0.851 bits per heavy atom. The molecule has 6 rings (SSSR count). The number of primary amides is 1. The molecule has 3 aliphatic rings. The lowest BCUT2D eigenvalue weighted by molar-refractivity contribution is -0.139. The molecule has 0 spiro atoms. The summed E-state index contributed by atoms with van der Waals surface area (Å²) in [5.74, 6) is 0.249. The zero-order valence-electron chi connectivity index (χ0n) is 27.7. The van der Waals surface area contributed by atoms with Crippen LogP contribution in [-0.4, -0.2) is 58.1 Å². The van der Waals surface area contributed by atoms with E-state index in [0.29, 0.717) is 44.1 Å². The molecule has 5 N–H and O–H groups in total. The maximum atomic E-state index is 14.8. The number of nitrogens with two attached hydrogens (primary N) is 2. The number of carbonyl (C=O) groups is 2. The first-order chi connectivity index (χ1) is 22.5. The Bertz CT molecular complexity index is 1660. The molecule has 4 unspecified atom stereocenters. The Morgan fingerprint density at radius 3 is 2.21 bits per heavy atom. The molecule has 0 radical (unpaired) electrons. The van der Waals surface area contributed by atoms with E-state index in [-0.39, 0.29) is 29.8 Å². The van der Waals surface area contributed by atoms with E-state index in [2.05, 4.69) is 45.0 Å². The van der Waals surface area contributed by atoms with Crippen LogP contribution in [0.25, 0.3) is 0 Å². The minimum Gasteiger partial charge on any atom is -0.370 e. The van der Waals surface area contributed by atoms with Crippen molar-refractivity contribution in [3.63, 3.8) is 0 Å². The number of amidine groups is 1. The normalized spacial score (nSPS) is 22.6. The highest BCUT2D eigenvalue weighted by Crippen LogP contribution is 2.41. The number of carbonyl (C=O) groups excluding carboxylic acids is 2. The van der Waals surface area contributed by atoms with E-state index in [1.54, 1.807) is 0 Å². The van der Waals surface area contributed by atoms with Gasteiger partial charge in [-0.1, -0.05) is 93.6 Å². The Balaban J connectivity index is 1.36. The number of hydrogen-bond acceptors (Lipinski definition) is 4. The SMILES string of the molecule is CC(C)(C)CCN=C(N)N1c2ccccc2CC1C(=N)N1C(C(=O)N2Cc3ccccc3CC2CC(N)=O)CCC1c1ccccc1. The zero-order chi connectivity index (χ0) is 33.3. The summed E-state index contributed by atoms with van der Waals surface area (Å²) in [5, 5.41) is 9.89. The van der Waals surface area contributed by atoms with Gasteiger partial charge in [0.2, 0.25) is 11.8 Å². The van der Waals surface area contributed by atoms with Gasteiger partial charge in [0.15, 0.2) is 5.96 Å². The van der Waals surface area contributed by atoms with Crippen molar-refractivity contribution in [1.82, 2.24) is 9.80 Å². The third-order valence-electron chi connectivity index (χ3n) is 9.88. The molecule has 4 atom stereocenters. The van der Waals surface area contributed by atoms with Crippen LogP contribution in [0.2, 0.25) is 0 Å². The van der Waals surface area contributed by atoms with Crippen molar-refractivity contribution >= 4 is 29.3 Å². The van der Waals surface area contributed by atoms with Crippen LogP contribution in [0.15, 0.2) is 83.9 Å². The first-order valence-electron chi connectivity index (χ1n) is 16.8. The average Bonchev–Trinajstić information content (AvgIpc) is 3.66. The van der Waals surface area contributed by atoms with Crippen LogP contribution in [-0.2, 0) is 29.0 Å². The van der Waals surface area contributed by atoms with Gasteiger partial charge in [-0.25, -0.2) is 0 Å². The molecule has 3 aromatic rings. The van der Waals surface area contributed by atoms with E-state index in [9.17, 15) is 15.0 Å². The molecule has 0 bridgehead atoms. The number of benzene rings is 3. The maximum Gasteiger partial charge on any atom is 0.245 e. The lowest BCUT2D eigenvalue weighted by Gasteiger charge is -2.42. The Morgan fingerprint density at radius 2 is 1.51 bits per heavy atom. The fraction of sp³-hybridized carbons (Fsp3) is 0.421. The van der Waals surface area contributed by atoms with Gasteiger partial charge in [-0.3, -0.25) is 20.0 Å². The number of para-hydroxylation sites is 1. The molecule has 3 aromatic carbocycles. The summed E-state index contributed by atoms with van der Waals surface area (Å²) in [4.78, 5) is 37.6. The number of nitrogens with zero attached hydrogens (tertiary/aromatic N) is 4. The van der Waals surface area contributed by atoms with E-state index in [1.807, 2.05) is 69.3 Å². The molecule has 246 valence electrons. The minimum atomic E-state index is -0.571.